The van der Waals surface area contributed by atoms with Gasteiger partial charge in [-0.2, -0.15) is 0 Å². The molecule has 0 aliphatic rings. The van der Waals surface area contributed by atoms with E-state index < -0.39 is 11.6 Å². The highest BCUT2D eigenvalue weighted by molar-refractivity contribution is 6.41. The minimum atomic E-state index is -0.498. The van der Waals surface area contributed by atoms with E-state index in [1.165, 1.54) is 16.5 Å². The molecular formula is C14H10Cl3N5O2. The summed E-state index contributed by atoms with van der Waals surface area (Å²) >= 11 is 17.8. The lowest BCUT2D eigenvalue weighted by Gasteiger charge is -2.11. The zero-order valence-corrected chi connectivity index (χ0v) is 14.2. The Morgan fingerprint density at radius 2 is 1.88 bits per heavy atom. The number of nitrogens with one attached hydrogen (secondary N) is 2. The number of carbonyl (C=O) groups excluding carboxylic acids is 1. The summed E-state index contributed by atoms with van der Waals surface area (Å²) in [4.78, 5) is 24.1. The first kappa shape index (κ1) is 16.6. The number of aromatic nitrogens is 3. The van der Waals surface area contributed by atoms with Crippen LogP contribution in [0.5, 0.6) is 0 Å². The Labute approximate surface area is 150 Å². The minimum absolute atomic E-state index is 0.248. The molecule has 2 N–H and O–H groups in total. The third kappa shape index (κ3) is 3.33. The van der Waals surface area contributed by atoms with Gasteiger partial charge in [-0.15, -0.1) is 5.10 Å². The molecule has 0 bridgehead atoms. The molecule has 3 rings (SSSR count). The van der Waals surface area contributed by atoms with E-state index in [4.69, 9.17) is 34.8 Å². The fourth-order valence-corrected chi connectivity index (χ4v) is 2.95. The summed E-state index contributed by atoms with van der Waals surface area (Å²) in [5.74, 6) is -0.498. The van der Waals surface area contributed by atoms with Crippen LogP contribution in [0.1, 0.15) is 0 Å². The third-order valence-electron chi connectivity index (χ3n) is 3.12. The van der Waals surface area contributed by atoms with Crippen LogP contribution in [0.3, 0.4) is 0 Å². The normalized spacial score (nSPS) is 10.8. The zero-order valence-electron chi connectivity index (χ0n) is 12.0. The van der Waals surface area contributed by atoms with Crippen molar-refractivity contribution in [2.45, 2.75) is 6.54 Å². The van der Waals surface area contributed by atoms with Gasteiger partial charge in [0.15, 0.2) is 5.65 Å². The maximum atomic E-state index is 12.1. The summed E-state index contributed by atoms with van der Waals surface area (Å²) in [6.45, 7) is -0.268. The first-order chi connectivity index (χ1) is 11.5. The molecule has 0 saturated heterocycles. The molecule has 0 fully saturated rings. The standard InChI is InChI=1S/C14H10Cl3N5O2/c15-8-5-9(16)13(10(17)6-8)19-18-12(23)7-22-14(24)21-4-2-1-3-11(21)20-22/h1-6,19H,7H2,(H,18,23). The van der Waals surface area contributed by atoms with E-state index in [1.54, 1.807) is 24.4 Å². The van der Waals surface area contributed by atoms with Gasteiger partial charge in [0.2, 0.25) is 0 Å². The molecule has 0 saturated carbocycles. The number of amides is 1. The average Bonchev–Trinajstić information content (AvgIpc) is 2.83. The van der Waals surface area contributed by atoms with Crippen molar-refractivity contribution in [2.24, 2.45) is 0 Å². The van der Waals surface area contributed by atoms with Gasteiger partial charge in [-0.3, -0.25) is 20.0 Å². The summed E-state index contributed by atoms with van der Waals surface area (Å²) in [6, 6.07) is 8.08. The number of hydrazine groups is 1. The summed E-state index contributed by atoms with van der Waals surface area (Å²) in [5, 5.41) is 4.93. The van der Waals surface area contributed by atoms with Crippen molar-refractivity contribution in [1.82, 2.24) is 19.6 Å². The van der Waals surface area contributed by atoms with Crippen molar-refractivity contribution in [3.63, 3.8) is 0 Å². The van der Waals surface area contributed by atoms with Crippen LogP contribution in [-0.2, 0) is 11.3 Å². The number of halogens is 3. The topological polar surface area (TPSA) is 80.4 Å². The highest BCUT2D eigenvalue weighted by atomic mass is 35.5. The van der Waals surface area contributed by atoms with E-state index in [9.17, 15) is 9.59 Å². The van der Waals surface area contributed by atoms with Crippen molar-refractivity contribution in [2.75, 3.05) is 5.43 Å². The van der Waals surface area contributed by atoms with Crippen LogP contribution < -0.4 is 16.5 Å². The van der Waals surface area contributed by atoms with E-state index in [2.05, 4.69) is 16.0 Å². The monoisotopic (exact) mass is 385 g/mol. The van der Waals surface area contributed by atoms with Crippen LogP contribution in [0.4, 0.5) is 5.69 Å². The molecule has 7 nitrogen and oxygen atoms in total. The highest BCUT2D eigenvalue weighted by Crippen LogP contribution is 2.32. The van der Waals surface area contributed by atoms with Crippen molar-refractivity contribution in [1.29, 1.82) is 0 Å². The van der Waals surface area contributed by atoms with Gasteiger partial charge in [-0.25, -0.2) is 9.48 Å². The molecule has 1 aromatic carbocycles. The lowest BCUT2D eigenvalue weighted by Crippen LogP contribution is -2.36. The van der Waals surface area contributed by atoms with Gasteiger partial charge in [0.25, 0.3) is 5.91 Å². The molecule has 0 aliphatic heterocycles. The van der Waals surface area contributed by atoms with Gasteiger partial charge in [0.05, 0.1) is 15.7 Å². The van der Waals surface area contributed by atoms with Gasteiger partial charge >= 0.3 is 5.69 Å². The predicted molar refractivity (Wildman–Crippen MR) is 92.7 cm³/mol. The smallest absolute Gasteiger partial charge is 0.296 e. The number of nitrogens with zero attached hydrogens (tertiary/aromatic N) is 3. The molecule has 10 heteroatoms. The summed E-state index contributed by atoms with van der Waals surface area (Å²) in [7, 11) is 0. The van der Waals surface area contributed by atoms with Crippen LogP contribution in [0.2, 0.25) is 15.1 Å². The number of carbonyl (C=O) groups is 1. The second-order valence-corrected chi connectivity index (χ2v) is 6.04. The molecule has 0 atom stereocenters. The minimum Gasteiger partial charge on any atom is -0.296 e. The van der Waals surface area contributed by atoms with Crippen molar-refractivity contribution in [3.8, 4) is 0 Å². The van der Waals surface area contributed by atoms with E-state index in [-0.39, 0.29) is 16.6 Å². The fraction of sp³-hybridized carbons (Fsp3) is 0.0714. The van der Waals surface area contributed by atoms with Crippen LogP contribution in [0.25, 0.3) is 5.65 Å². The second-order valence-electron chi connectivity index (χ2n) is 4.79. The van der Waals surface area contributed by atoms with Gasteiger partial charge in [0.1, 0.15) is 6.54 Å². The molecule has 0 spiro atoms. The maximum Gasteiger partial charge on any atom is 0.350 e. The molecule has 124 valence electrons. The highest BCUT2D eigenvalue weighted by Gasteiger charge is 2.12. The molecule has 0 unspecified atom stereocenters. The molecule has 2 heterocycles. The molecule has 0 radical (unpaired) electrons. The quantitative estimate of drug-likeness (QED) is 0.676. The Morgan fingerprint density at radius 1 is 1.17 bits per heavy atom. The number of rotatable bonds is 4. The number of hydrogen-bond acceptors (Lipinski definition) is 4. The first-order valence-electron chi connectivity index (χ1n) is 6.69. The predicted octanol–water partition coefficient (Wildman–Crippen LogP) is 2.60. The van der Waals surface area contributed by atoms with Crippen molar-refractivity contribution in [3.05, 3.63) is 62.1 Å². The number of pyridine rings is 1. The van der Waals surface area contributed by atoms with Crippen LogP contribution in [0.15, 0.2) is 41.3 Å². The molecule has 24 heavy (non-hydrogen) atoms. The average molecular weight is 387 g/mol. The number of fused-ring (bicyclic) bond motifs is 1. The Balaban J connectivity index is 1.72. The van der Waals surface area contributed by atoms with Crippen molar-refractivity contribution >= 4 is 52.0 Å². The first-order valence-corrected chi connectivity index (χ1v) is 7.82. The largest absolute Gasteiger partial charge is 0.350 e. The van der Waals surface area contributed by atoms with Gasteiger partial charge in [-0.05, 0) is 24.3 Å². The van der Waals surface area contributed by atoms with Crippen LogP contribution >= 0.6 is 34.8 Å². The Morgan fingerprint density at radius 3 is 2.54 bits per heavy atom. The summed E-state index contributed by atoms with van der Waals surface area (Å²) in [5.41, 5.74) is 5.36. The van der Waals surface area contributed by atoms with E-state index in [0.29, 0.717) is 16.4 Å². The number of hydrogen-bond donors (Lipinski definition) is 2. The third-order valence-corrected chi connectivity index (χ3v) is 3.93. The molecular weight excluding hydrogens is 377 g/mol. The van der Waals surface area contributed by atoms with Crippen molar-refractivity contribution < 1.29 is 4.79 Å². The maximum absolute atomic E-state index is 12.1. The lowest BCUT2D eigenvalue weighted by molar-refractivity contribution is -0.121. The van der Waals surface area contributed by atoms with E-state index in [0.717, 1.165) is 4.68 Å². The van der Waals surface area contributed by atoms with Gasteiger partial charge in [-0.1, -0.05) is 40.9 Å². The Bertz CT molecular complexity index is 959. The second kappa shape index (κ2) is 6.72. The van der Waals surface area contributed by atoms with E-state index >= 15 is 0 Å². The Kier molecular flexibility index (Phi) is 4.66. The fourth-order valence-electron chi connectivity index (χ4n) is 2.04. The molecule has 1 amide bonds. The molecule has 0 aliphatic carbocycles. The number of benzene rings is 1. The zero-order chi connectivity index (χ0) is 17.3. The van der Waals surface area contributed by atoms with Gasteiger partial charge < -0.3 is 0 Å². The van der Waals surface area contributed by atoms with E-state index in [1.807, 2.05) is 0 Å². The van der Waals surface area contributed by atoms with Crippen LogP contribution in [0, 0.1) is 0 Å². The summed E-state index contributed by atoms with van der Waals surface area (Å²) < 4.78 is 2.39. The molecule has 3 aromatic rings. The number of anilines is 1. The van der Waals surface area contributed by atoms with Gasteiger partial charge in [0, 0.05) is 11.2 Å². The SMILES string of the molecule is O=C(Cn1nc2ccccn2c1=O)NNc1c(Cl)cc(Cl)cc1Cl. The summed E-state index contributed by atoms with van der Waals surface area (Å²) in [6.07, 6.45) is 1.57. The lowest BCUT2D eigenvalue weighted by atomic mass is 10.3. The Hall–Kier alpha value is -2.22. The molecule has 2 aromatic heterocycles. The van der Waals surface area contributed by atoms with Crippen LogP contribution in [-0.4, -0.2) is 20.1 Å².